The quantitative estimate of drug-likeness (QED) is 0.684. The normalized spacial score (nSPS) is 10.7. The van der Waals surface area contributed by atoms with Gasteiger partial charge in [-0.15, -0.1) is 0 Å². The minimum atomic E-state index is -0.424. The van der Waals surface area contributed by atoms with Crippen molar-refractivity contribution in [2.45, 2.75) is 0 Å². The van der Waals surface area contributed by atoms with Gasteiger partial charge in [-0.1, -0.05) is 17.3 Å². The fourth-order valence-corrected chi connectivity index (χ4v) is 2.26. The molecule has 0 bridgehead atoms. The molecular weight excluding hydrogens is 374 g/mol. The van der Waals surface area contributed by atoms with Crippen LogP contribution < -0.4 is 0 Å². The van der Waals surface area contributed by atoms with Crippen LogP contribution in [-0.2, 0) is 0 Å². The van der Waals surface area contributed by atoms with E-state index in [-0.39, 0.29) is 23.0 Å². The molecule has 3 rings (SSSR count). The highest BCUT2D eigenvalue weighted by molar-refractivity contribution is 14.1. The Hall–Kier alpha value is -1.96. The number of hydrogen-bond acceptors (Lipinski definition) is 4. The Morgan fingerprint density at radius 3 is 2.70 bits per heavy atom. The minimum Gasteiger partial charge on any atom is -0.507 e. The van der Waals surface area contributed by atoms with E-state index in [9.17, 15) is 9.50 Å². The van der Waals surface area contributed by atoms with Crippen molar-refractivity contribution in [3.05, 3.63) is 51.9 Å². The fourth-order valence-electron chi connectivity index (χ4n) is 1.76. The molecule has 2 aromatic carbocycles. The molecule has 1 heterocycles. The highest BCUT2D eigenvalue weighted by Gasteiger charge is 2.16. The van der Waals surface area contributed by atoms with Crippen LogP contribution in [0.1, 0.15) is 0 Å². The van der Waals surface area contributed by atoms with E-state index >= 15 is 0 Å². The first-order valence-electron chi connectivity index (χ1n) is 5.72. The molecule has 20 heavy (non-hydrogen) atoms. The highest BCUT2D eigenvalue weighted by atomic mass is 127. The van der Waals surface area contributed by atoms with Gasteiger partial charge in [-0.3, -0.25) is 0 Å². The number of aromatic nitrogens is 2. The van der Waals surface area contributed by atoms with Gasteiger partial charge in [-0.25, -0.2) is 4.39 Å². The molecule has 4 nitrogen and oxygen atoms in total. The molecule has 0 unspecified atom stereocenters. The zero-order valence-corrected chi connectivity index (χ0v) is 12.2. The van der Waals surface area contributed by atoms with Gasteiger partial charge in [0.2, 0.25) is 5.82 Å². The number of hydrogen-bond donors (Lipinski definition) is 1. The summed E-state index contributed by atoms with van der Waals surface area (Å²) in [5.41, 5.74) is 0.680. The van der Waals surface area contributed by atoms with Crippen LogP contribution in [0.3, 0.4) is 0 Å². The zero-order chi connectivity index (χ0) is 14.1. The average Bonchev–Trinajstić information content (AvgIpc) is 2.91. The third-order valence-electron chi connectivity index (χ3n) is 2.73. The van der Waals surface area contributed by atoms with E-state index in [4.69, 9.17) is 4.52 Å². The summed E-state index contributed by atoms with van der Waals surface area (Å²) in [6.45, 7) is 0. The van der Waals surface area contributed by atoms with Crippen LogP contribution in [0.25, 0.3) is 22.8 Å². The van der Waals surface area contributed by atoms with Crippen molar-refractivity contribution in [3.8, 4) is 28.6 Å². The maximum Gasteiger partial charge on any atom is 0.262 e. The predicted molar refractivity (Wildman–Crippen MR) is 79.5 cm³/mol. The molecule has 0 aliphatic rings. The van der Waals surface area contributed by atoms with E-state index in [2.05, 4.69) is 32.7 Å². The number of benzene rings is 2. The maximum absolute atomic E-state index is 13.7. The fraction of sp³-hybridized carbons (Fsp3) is 0. The Kier molecular flexibility index (Phi) is 3.39. The second-order valence-corrected chi connectivity index (χ2v) is 5.31. The summed E-state index contributed by atoms with van der Waals surface area (Å²) in [4.78, 5) is 4.13. The van der Waals surface area contributed by atoms with E-state index in [1.54, 1.807) is 36.4 Å². The summed E-state index contributed by atoms with van der Waals surface area (Å²) in [6.07, 6.45) is 0. The summed E-state index contributed by atoms with van der Waals surface area (Å²) in [5.74, 6) is -0.0866. The first-order chi connectivity index (χ1) is 9.65. The first kappa shape index (κ1) is 13.0. The van der Waals surface area contributed by atoms with Crippen molar-refractivity contribution in [2.75, 3.05) is 0 Å². The van der Waals surface area contributed by atoms with Gasteiger partial charge in [0.1, 0.15) is 11.6 Å². The van der Waals surface area contributed by atoms with Crippen molar-refractivity contribution in [1.29, 1.82) is 0 Å². The van der Waals surface area contributed by atoms with Crippen LogP contribution in [0.5, 0.6) is 5.75 Å². The lowest BCUT2D eigenvalue weighted by Gasteiger charge is -1.99. The third-order valence-corrected chi connectivity index (χ3v) is 3.40. The summed E-state index contributed by atoms with van der Waals surface area (Å²) < 4.78 is 19.7. The van der Waals surface area contributed by atoms with Crippen LogP contribution in [0.2, 0.25) is 0 Å². The molecule has 0 aliphatic heterocycles. The Morgan fingerprint density at radius 2 is 1.90 bits per heavy atom. The van der Waals surface area contributed by atoms with Gasteiger partial charge >= 0.3 is 0 Å². The van der Waals surface area contributed by atoms with Gasteiger partial charge in [0.25, 0.3) is 5.89 Å². The van der Waals surface area contributed by atoms with Crippen LogP contribution in [0.15, 0.2) is 47.0 Å². The van der Waals surface area contributed by atoms with E-state index in [0.717, 1.165) is 3.57 Å². The van der Waals surface area contributed by atoms with Crippen molar-refractivity contribution >= 4 is 22.6 Å². The molecule has 0 fully saturated rings. The molecule has 6 heteroatoms. The summed E-state index contributed by atoms with van der Waals surface area (Å²) >= 11 is 2.11. The monoisotopic (exact) mass is 382 g/mol. The van der Waals surface area contributed by atoms with E-state index in [1.165, 1.54) is 6.07 Å². The average molecular weight is 382 g/mol. The number of aromatic hydroxyl groups is 1. The number of rotatable bonds is 2. The standard InChI is InChI=1S/C14H8FIN2O2/c15-11-4-2-1-3-9(11)13-17-14(20-18-13)10-7-8(16)5-6-12(10)19/h1-7,19H. The summed E-state index contributed by atoms with van der Waals surface area (Å²) in [7, 11) is 0. The molecule has 0 radical (unpaired) electrons. The lowest BCUT2D eigenvalue weighted by molar-refractivity contribution is 0.425. The maximum atomic E-state index is 13.7. The minimum absolute atomic E-state index is 0.0362. The topological polar surface area (TPSA) is 59.2 Å². The molecule has 100 valence electrons. The van der Waals surface area contributed by atoms with E-state index < -0.39 is 5.82 Å². The van der Waals surface area contributed by atoms with Gasteiger partial charge in [0.05, 0.1) is 11.1 Å². The molecule has 0 saturated carbocycles. The van der Waals surface area contributed by atoms with Gasteiger partial charge in [0.15, 0.2) is 0 Å². The predicted octanol–water partition coefficient (Wildman–Crippen LogP) is 3.85. The first-order valence-corrected chi connectivity index (χ1v) is 6.80. The molecular formula is C14H8FIN2O2. The van der Waals surface area contributed by atoms with Crippen LogP contribution in [0, 0.1) is 9.39 Å². The molecule has 0 atom stereocenters. The molecule has 0 spiro atoms. The summed E-state index contributed by atoms with van der Waals surface area (Å²) in [6, 6.07) is 11.2. The number of phenols is 1. The zero-order valence-electron chi connectivity index (χ0n) is 10.0. The number of phenolic OH excluding ortho intramolecular Hbond substituents is 1. The molecule has 3 aromatic rings. The van der Waals surface area contributed by atoms with Crippen molar-refractivity contribution in [2.24, 2.45) is 0 Å². The van der Waals surface area contributed by atoms with E-state index in [0.29, 0.717) is 5.56 Å². The lowest BCUT2D eigenvalue weighted by atomic mass is 10.2. The van der Waals surface area contributed by atoms with Gasteiger partial charge in [0, 0.05) is 3.57 Å². The number of nitrogens with zero attached hydrogens (tertiary/aromatic N) is 2. The Labute approximate surface area is 127 Å². The van der Waals surface area contributed by atoms with Crippen molar-refractivity contribution in [3.63, 3.8) is 0 Å². The molecule has 0 saturated heterocycles. The second-order valence-electron chi connectivity index (χ2n) is 4.06. The third kappa shape index (κ3) is 2.38. The Bertz CT molecular complexity index is 773. The lowest BCUT2D eigenvalue weighted by Crippen LogP contribution is -1.86. The van der Waals surface area contributed by atoms with Gasteiger partial charge < -0.3 is 9.63 Å². The van der Waals surface area contributed by atoms with Crippen molar-refractivity contribution < 1.29 is 14.0 Å². The summed E-state index contributed by atoms with van der Waals surface area (Å²) in [5, 5.41) is 13.6. The molecule has 0 aliphatic carbocycles. The van der Waals surface area contributed by atoms with E-state index in [1.807, 2.05) is 0 Å². The molecule has 0 amide bonds. The largest absolute Gasteiger partial charge is 0.507 e. The highest BCUT2D eigenvalue weighted by Crippen LogP contribution is 2.31. The SMILES string of the molecule is Oc1ccc(I)cc1-c1nc(-c2ccccc2F)no1. The van der Waals surface area contributed by atoms with Crippen molar-refractivity contribution in [1.82, 2.24) is 10.1 Å². The van der Waals surface area contributed by atoms with Crippen LogP contribution in [-0.4, -0.2) is 15.2 Å². The Morgan fingerprint density at radius 1 is 1.10 bits per heavy atom. The van der Waals surface area contributed by atoms with Gasteiger partial charge in [-0.05, 0) is 52.9 Å². The van der Waals surface area contributed by atoms with Crippen LogP contribution in [0.4, 0.5) is 4.39 Å². The smallest absolute Gasteiger partial charge is 0.262 e. The molecule has 1 N–H and O–H groups in total. The Balaban J connectivity index is 2.07. The number of halogens is 2. The van der Waals surface area contributed by atoms with Gasteiger partial charge in [-0.2, -0.15) is 4.98 Å². The molecule has 1 aromatic heterocycles. The second kappa shape index (κ2) is 5.20. The van der Waals surface area contributed by atoms with Crippen LogP contribution >= 0.6 is 22.6 Å².